The second-order valence-electron chi connectivity index (χ2n) is 4.86. The molecule has 17 heavy (non-hydrogen) atoms. The zero-order chi connectivity index (χ0) is 12.9. The Kier molecular flexibility index (Phi) is 4.96. The summed E-state index contributed by atoms with van der Waals surface area (Å²) in [5, 5.41) is 4.79. The van der Waals surface area contributed by atoms with E-state index in [0.717, 1.165) is 6.42 Å². The predicted molar refractivity (Wildman–Crippen MR) is 70.2 cm³/mol. The molecular weight excluding hydrogens is 236 g/mol. The first kappa shape index (κ1) is 14.0. The molecule has 1 rings (SSSR count). The van der Waals surface area contributed by atoms with Crippen LogP contribution in [0.5, 0.6) is 0 Å². The largest absolute Gasteiger partial charge is 0.444 e. The summed E-state index contributed by atoms with van der Waals surface area (Å²) >= 11 is 1.66. The Morgan fingerprint density at radius 2 is 2.29 bits per heavy atom. The standard InChI is InChI=1S/C12H20N2O2S/c1-12(2,3)16-11(15)14-9(8-13)7-10-5-4-6-17-10/h4-6,9H,7-8,13H2,1-3H3,(H,14,15). The fourth-order valence-electron chi connectivity index (χ4n) is 1.34. The maximum Gasteiger partial charge on any atom is 0.407 e. The van der Waals surface area contributed by atoms with Gasteiger partial charge in [-0.05, 0) is 32.2 Å². The van der Waals surface area contributed by atoms with Gasteiger partial charge in [0.25, 0.3) is 0 Å². The van der Waals surface area contributed by atoms with E-state index in [-0.39, 0.29) is 6.04 Å². The summed E-state index contributed by atoms with van der Waals surface area (Å²) in [4.78, 5) is 12.8. The van der Waals surface area contributed by atoms with Gasteiger partial charge in [-0.2, -0.15) is 0 Å². The van der Waals surface area contributed by atoms with E-state index < -0.39 is 11.7 Å². The van der Waals surface area contributed by atoms with Crippen LogP contribution in [0.1, 0.15) is 25.6 Å². The van der Waals surface area contributed by atoms with Gasteiger partial charge >= 0.3 is 6.09 Å². The van der Waals surface area contributed by atoms with Gasteiger partial charge in [0.2, 0.25) is 0 Å². The fourth-order valence-corrected chi connectivity index (χ4v) is 2.13. The maximum atomic E-state index is 11.6. The Morgan fingerprint density at radius 1 is 1.59 bits per heavy atom. The number of carbonyl (C=O) groups is 1. The highest BCUT2D eigenvalue weighted by molar-refractivity contribution is 7.09. The topological polar surface area (TPSA) is 64.3 Å². The molecule has 0 fully saturated rings. The second kappa shape index (κ2) is 6.02. The van der Waals surface area contributed by atoms with E-state index in [9.17, 15) is 4.79 Å². The summed E-state index contributed by atoms with van der Waals surface area (Å²) in [5.41, 5.74) is 5.16. The van der Waals surface area contributed by atoms with Crippen molar-refractivity contribution in [1.82, 2.24) is 5.32 Å². The Hall–Kier alpha value is -1.07. The Labute approximate surface area is 106 Å². The molecule has 0 saturated heterocycles. The molecule has 0 aliphatic heterocycles. The number of nitrogens with one attached hydrogen (secondary N) is 1. The number of amides is 1. The van der Waals surface area contributed by atoms with Crippen molar-refractivity contribution < 1.29 is 9.53 Å². The van der Waals surface area contributed by atoms with Crippen LogP contribution in [0.2, 0.25) is 0 Å². The third-order valence-electron chi connectivity index (χ3n) is 2.03. The van der Waals surface area contributed by atoms with Gasteiger partial charge in [0.1, 0.15) is 5.60 Å². The highest BCUT2D eigenvalue weighted by Gasteiger charge is 2.19. The molecule has 5 heteroatoms. The molecular formula is C12H20N2O2S. The Balaban J connectivity index is 2.44. The van der Waals surface area contributed by atoms with Gasteiger partial charge in [0, 0.05) is 23.9 Å². The van der Waals surface area contributed by atoms with Crippen LogP contribution >= 0.6 is 11.3 Å². The fraction of sp³-hybridized carbons (Fsp3) is 0.583. The van der Waals surface area contributed by atoms with Gasteiger partial charge in [-0.15, -0.1) is 11.3 Å². The van der Waals surface area contributed by atoms with Gasteiger partial charge < -0.3 is 15.8 Å². The molecule has 1 atom stereocenters. The number of hydrogen-bond donors (Lipinski definition) is 2. The third-order valence-corrected chi connectivity index (χ3v) is 2.93. The van der Waals surface area contributed by atoms with Gasteiger partial charge in [0.05, 0.1) is 0 Å². The van der Waals surface area contributed by atoms with Crippen LogP contribution in [0.3, 0.4) is 0 Å². The van der Waals surface area contributed by atoms with Crippen LogP contribution in [0.4, 0.5) is 4.79 Å². The average Bonchev–Trinajstić information content (AvgIpc) is 2.66. The number of thiophene rings is 1. The number of carbonyl (C=O) groups excluding carboxylic acids is 1. The lowest BCUT2D eigenvalue weighted by molar-refractivity contribution is 0.0506. The van der Waals surface area contributed by atoms with Crippen LogP contribution < -0.4 is 11.1 Å². The molecule has 1 amide bonds. The van der Waals surface area contributed by atoms with Crippen molar-refractivity contribution in [3.8, 4) is 0 Å². The lowest BCUT2D eigenvalue weighted by Gasteiger charge is -2.22. The van der Waals surface area contributed by atoms with Crippen LogP contribution in [0.15, 0.2) is 17.5 Å². The van der Waals surface area contributed by atoms with E-state index in [4.69, 9.17) is 10.5 Å². The van der Waals surface area contributed by atoms with E-state index in [1.165, 1.54) is 4.88 Å². The zero-order valence-corrected chi connectivity index (χ0v) is 11.3. The van der Waals surface area contributed by atoms with Gasteiger partial charge in [-0.1, -0.05) is 6.07 Å². The minimum Gasteiger partial charge on any atom is -0.444 e. The highest BCUT2D eigenvalue weighted by Crippen LogP contribution is 2.11. The van der Waals surface area contributed by atoms with Crippen LogP contribution in [0, 0.1) is 0 Å². The summed E-state index contributed by atoms with van der Waals surface area (Å²) in [6.07, 6.45) is 0.331. The maximum absolute atomic E-state index is 11.6. The van der Waals surface area contributed by atoms with Gasteiger partial charge in [0.15, 0.2) is 0 Å². The molecule has 0 spiro atoms. The molecule has 96 valence electrons. The molecule has 1 heterocycles. The lowest BCUT2D eigenvalue weighted by atomic mass is 10.2. The molecule has 1 aromatic rings. The Morgan fingerprint density at radius 3 is 2.76 bits per heavy atom. The summed E-state index contributed by atoms with van der Waals surface area (Å²) in [6, 6.07) is 3.94. The quantitative estimate of drug-likeness (QED) is 0.867. The molecule has 0 saturated carbocycles. The smallest absolute Gasteiger partial charge is 0.407 e. The molecule has 0 bridgehead atoms. The number of ether oxygens (including phenoxy) is 1. The van der Waals surface area contributed by atoms with E-state index in [0.29, 0.717) is 6.54 Å². The van der Waals surface area contributed by atoms with Crippen LogP contribution in [0.25, 0.3) is 0 Å². The van der Waals surface area contributed by atoms with Gasteiger partial charge in [-0.25, -0.2) is 4.79 Å². The van der Waals surface area contributed by atoms with Crippen LogP contribution in [-0.2, 0) is 11.2 Å². The monoisotopic (exact) mass is 256 g/mol. The first-order valence-corrected chi connectivity index (χ1v) is 6.50. The van der Waals surface area contributed by atoms with Crippen molar-refractivity contribution in [2.24, 2.45) is 5.73 Å². The summed E-state index contributed by atoms with van der Waals surface area (Å²) in [6.45, 7) is 5.91. The second-order valence-corrected chi connectivity index (χ2v) is 5.89. The van der Waals surface area contributed by atoms with Crippen molar-refractivity contribution in [2.45, 2.75) is 38.8 Å². The number of alkyl carbamates (subject to hydrolysis) is 1. The van der Waals surface area contributed by atoms with Crippen molar-refractivity contribution in [3.05, 3.63) is 22.4 Å². The summed E-state index contributed by atoms with van der Waals surface area (Å²) in [7, 11) is 0. The van der Waals surface area contributed by atoms with E-state index in [1.807, 2.05) is 38.3 Å². The average molecular weight is 256 g/mol. The van der Waals surface area contributed by atoms with Crippen molar-refractivity contribution in [1.29, 1.82) is 0 Å². The van der Waals surface area contributed by atoms with Crippen LogP contribution in [-0.4, -0.2) is 24.3 Å². The minimum atomic E-state index is -0.480. The molecule has 0 aliphatic rings. The molecule has 4 nitrogen and oxygen atoms in total. The first-order valence-electron chi connectivity index (χ1n) is 5.62. The van der Waals surface area contributed by atoms with Crippen molar-refractivity contribution >= 4 is 17.4 Å². The number of hydrogen-bond acceptors (Lipinski definition) is 4. The molecule has 0 aliphatic carbocycles. The minimum absolute atomic E-state index is 0.0801. The van der Waals surface area contributed by atoms with E-state index in [1.54, 1.807) is 11.3 Å². The normalized spacial score (nSPS) is 13.2. The molecule has 3 N–H and O–H groups in total. The van der Waals surface area contributed by atoms with Crippen molar-refractivity contribution in [2.75, 3.05) is 6.54 Å². The number of nitrogens with two attached hydrogens (primary N) is 1. The predicted octanol–water partition coefficient (Wildman–Crippen LogP) is 2.14. The Bertz CT molecular complexity index is 344. The van der Waals surface area contributed by atoms with E-state index in [2.05, 4.69) is 5.32 Å². The lowest BCUT2D eigenvalue weighted by Crippen LogP contribution is -2.44. The molecule has 0 aromatic carbocycles. The third kappa shape index (κ3) is 5.70. The number of rotatable bonds is 4. The molecule has 1 unspecified atom stereocenters. The SMILES string of the molecule is CC(C)(C)OC(=O)NC(CN)Cc1cccs1. The first-order chi connectivity index (χ1) is 7.90. The zero-order valence-electron chi connectivity index (χ0n) is 10.5. The molecule has 1 aromatic heterocycles. The van der Waals surface area contributed by atoms with E-state index >= 15 is 0 Å². The summed E-state index contributed by atoms with van der Waals surface area (Å²) in [5.74, 6) is 0. The summed E-state index contributed by atoms with van der Waals surface area (Å²) < 4.78 is 5.19. The molecule has 0 radical (unpaired) electrons. The van der Waals surface area contributed by atoms with Gasteiger partial charge in [-0.3, -0.25) is 0 Å². The highest BCUT2D eigenvalue weighted by atomic mass is 32.1. The van der Waals surface area contributed by atoms with Crippen molar-refractivity contribution in [3.63, 3.8) is 0 Å².